The van der Waals surface area contributed by atoms with Crippen molar-refractivity contribution < 1.29 is 38.5 Å². The van der Waals surface area contributed by atoms with Crippen molar-refractivity contribution in [1.29, 1.82) is 0 Å². The van der Waals surface area contributed by atoms with Crippen LogP contribution in [0.25, 0.3) is 0 Å². The van der Waals surface area contributed by atoms with Crippen LogP contribution in [0.3, 0.4) is 0 Å². The topological polar surface area (TPSA) is 133 Å². The fraction of sp³-hybridized carbons (Fsp3) is 0.354. The Morgan fingerprint density at radius 1 is 0.817 bits per heavy atom. The second-order valence-electron chi connectivity index (χ2n) is 15.9. The molecule has 5 aromatic carbocycles. The first-order valence-electron chi connectivity index (χ1n) is 20.6. The van der Waals surface area contributed by atoms with Gasteiger partial charge in [-0.05, 0) is 123 Å². The number of ether oxygens (including phenoxy) is 5. The van der Waals surface area contributed by atoms with Crippen LogP contribution in [0.15, 0.2) is 84.9 Å². The van der Waals surface area contributed by atoms with Gasteiger partial charge < -0.3 is 28.8 Å². The summed E-state index contributed by atoms with van der Waals surface area (Å²) in [6.07, 6.45) is 4.46. The van der Waals surface area contributed by atoms with Crippen LogP contribution in [0, 0.1) is 10.1 Å². The average Bonchev–Trinajstić information content (AvgIpc) is 3.26. The molecule has 0 saturated carbocycles. The zero-order valence-corrected chi connectivity index (χ0v) is 34.6. The van der Waals surface area contributed by atoms with E-state index < -0.39 is 4.92 Å². The van der Waals surface area contributed by atoms with Gasteiger partial charge in [0.05, 0.1) is 32.4 Å². The summed E-state index contributed by atoms with van der Waals surface area (Å²) in [5, 5.41) is 21.8. The van der Waals surface area contributed by atoms with Gasteiger partial charge in [-0.25, -0.2) is 0 Å². The Bertz CT molecular complexity index is 2400. The molecule has 0 amide bonds. The quantitative estimate of drug-likeness (QED) is 0.0593. The molecule has 0 radical (unpaired) electrons. The third-order valence-corrected chi connectivity index (χ3v) is 12.1. The van der Waals surface area contributed by atoms with Gasteiger partial charge in [0, 0.05) is 60.4 Å². The first-order valence-corrected chi connectivity index (χ1v) is 20.6. The number of unbranched alkanes of at least 4 members (excludes halogenated alkanes) is 1. The van der Waals surface area contributed by atoms with Gasteiger partial charge in [-0.1, -0.05) is 30.3 Å². The Morgan fingerprint density at radius 2 is 1.55 bits per heavy atom. The predicted molar refractivity (Wildman–Crippen MR) is 227 cm³/mol. The largest absolute Gasteiger partial charge is 0.493 e. The molecule has 0 unspecified atom stereocenters. The lowest BCUT2D eigenvalue weighted by molar-refractivity contribution is -0.384. The van der Waals surface area contributed by atoms with Crippen molar-refractivity contribution in [3.63, 3.8) is 0 Å². The summed E-state index contributed by atoms with van der Waals surface area (Å²) >= 11 is 0. The number of hydrogen-bond acceptors (Lipinski definition) is 11. The molecule has 0 saturated heterocycles. The van der Waals surface area contributed by atoms with Gasteiger partial charge in [-0.3, -0.25) is 24.7 Å². The molecule has 0 spiro atoms. The van der Waals surface area contributed by atoms with E-state index in [0.29, 0.717) is 77.2 Å². The van der Waals surface area contributed by atoms with E-state index in [-0.39, 0.29) is 36.6 Å². The summed E-state index contributed by atoms with van der Waals surface area (Å²) in [5.74, 6) is 4.02. The predicted octanol–water partition coefficient (Wildman–Crippen LogP) is 8.98. The number of aliphatic hydroxyl groups excluding tert-OH is 1. The molecule has 4 aliphatic heterocycles. The van der Waals surface area contributed by atoms with Crippen LogP contribution in [-0.2, 0) is 32.3 Å². The summed E-state index contributed by atoms with van der Waals surface area (Å²) in [6.45, 7) is 1.87. The fourth-order valence-corrected chi connectivity index (χ4v) is 8.82. The Labute approximate surface area is 350 Å². The summed E-state index contributed by atoms with van der Waals surface area (Å²) in [6, 6.07) is 26.4. The molecule has 12 nitrogen and oxygen atoms in total. The molecule has 0 fully saturated rings. The van der Waals surface area contributed by atoms with E-state index in [9.17, 15) is 20.0 Å². The number of carbonyl (C=O) groups is 1. The van der Waals surface area contributed by atoms with E-state index >= 15 is 0 Å². The lowest BCUT2D eigenvalue weighted by Gasteiger charge is -2.37. The first kappa shape index (κ1) is 40.8. The lowest BCUT2D eigenvalue weighted by atomic mass is 9.86. The number of nitro benzene ring substituents is 1. The number of benzene rings is 5. The molecule has 4 aliphatic rings. The molecule has 0 aliphatic carbocycles. The summed E-state index contributed by atoms with van der Waals surface area (Å²) in [5.41, 5.74) is 7.61. The monoisotopic (exact) mass is 813 g/mol. The molecule has 9 rings (SSSR count). The van der Waals surface area contributed by atoms with E-state index in [1.807, 2.05) is 30.3 Å². The van der Waals surface area contributed by atoms with Gasteiger partial charge in [-0.2, -0.15) is 0 Å². The number of carbonyl (C=O) groups excluding carboxylic acids is 1. The van der Waals surface area contributed by atoms with Crippen LogP contribution >= 0.6 is 0 Å². The summed E-state index contributed by atoms with van der Waals surface area (Å²) in [7, 11) is 7.57. The van der Waals surface area contributed by atoms with Gasteiger partial charge >= 0.3 is 0 Å². The van der Waals surface area contributed by atoms with Crippen LogP contribution in [-0.4, -0.2) is 73.6 Å². The minimum absolute atomic E-state index is 0.0873. The SMILES string of the molecule is COc1cc2c3cc1Oc1c(OC)c(CO)cc4c1[C@@H](Cc1ccc(OCCCCC(=O)c5cccc([N+](=O)[O-])c5)c(c1)Oc1ccc(cc1)C[C@@H]3N(C)CC2)N(C)CC4. The zero-order valence-electron chi connectivity index (χ0n) is 34.6. The number of aliphatic hydroxyl groups is 1. The maximum atomic E-state index is 12.8. The number of methoxy groups -OCH3 is 2. The second-order valence-corrected chi connectivity index (χ2v) is 15.9. The van der Waals surface area contributed by atoms with Gasteiger partial charge in [0.1, 0.15) is 5.75 Å². The number of ketones is 1. The number of fused-ring (bicyclic) bond motifs is 2. The van der Waals surface area contributed by atoms with E-state index in [1.165, 1.54) is 29.3 Å². The maximum Gasteiger partial charge on any atom is 0.270 e. The minimum atomic E-state index is -0.494. The number of rotatable bonds is 11. The number of nitro groups is 1. The van der Waals surface area contributed by atoms with Gasteiger partial charge in [-0.15, -0.1) is 0 Å². The maximum absolute atomic E-state index is 12.8. The van der Waals surface area contributed by atoms with Gasteiger partial charge in [0.25, 0.3) is 5.69 Å². The lowest BCUT2D eigenvalue weighted by Crippen LogP contribution is -2.34. The average molecular weight is 814 g/mol. The molecule has 1 N–H and O–H groups in total. The molecule has 12 heteroatoms. The van der Waals surface area contributed by atoms with E-state index in [2.05, 4.69) is 54.2 Å². The normalized spacial score (nSPS) is 17.4. The van der Waals surface area contributed by atoms with Crippen molar-refractivity contribution in [2.24, 2.45) is 0 Å². The standard InChI is InChI=1S/C48H51N3O9/c1-49-19-17-32-27-43(56-3)45-28-38(32)39(49)22-30-11-14-37(15-12-30)59-44-24-31(23-40-46-34(18-20-50(40)2)25-35(29-52)47(57-4)48(46)60-45)13-16-42(44)58-21-6-5-10-41(53)33-8-7-9-36(26-33)51(54)55/h7-9,11-16,24-28,39-40,52H,5-6,10,17-23,29H2,1-4H3/t39-,40+/m0/s1. The minimum Gasteiger partial charge on any atom is -0.493 e. The summed E-state index contributed by atoms with van der Waals surface area (Å²) in [4.78, 5) is 28.3. The highest BCUT2D eigenvalue weighted by Crippen LogP contribution is 2.50. The van der Waals surface area contributed by atoms with Crippen LogP contribution in [0.5, 0.6) is 40.2 Å². The fourth-order valence-electron chi connectivity index (χ4n) is 8.82. The van der Waals surface area contributed by atoms with Crippen LogP contribution in [0.1, 0.15) is 80.6 Å². The summed E-state index contributed by atoms with van der Waals surface area (Å²) < 4.78 is 32.1. The highest BCUT2D eigenvalue weighted by molar-refractivity contribution is 5.96. The van der Waals surface area contributed by atoms with Crippen molar-refractivity contribution in [1.82, 2.24) is 9.80 Å². The molecule has 0 aromatic heterocycles. The van der Waals surface area contributed by atoms with Crippen molar-refractivity contribution in [2.75, 3.05) is 48.0 Å². The molecule has 5 aromatic rings. The number of Topliss-reactive ketones (excluding diaryl/α,β-unsaturated/α-hetero) is 1. The number of nitrogens with zero attached hydrogens (tertiary/aromatic N) is 3. The third kappa shape index (κ3) is 8.40. The van der Waals surface area contributed by atoms with Crippen LogP contribution in [0.4, 0.5) is 5.69 Å². The van der Waals surface area contributed by atoms with Gasteiger partial charge in [0.2, 0.25) is 0 Å². The van der Waals surface area contributed by atoms with E-state index in [0.717, 1.165) is 54.6 Å². The smallest absolute Gasteiger partial charge is 0.270 e. The molecule has 4 heterocycles. The zero-order chi connectivity index (χ0) is 41.9. The first-order chi connectivity index (χ1) is 29.1. The van der Waals surface area contributed by atoms with Gasteiger partial charge in [0.15, 0.2) is 40.3 Å². The Morgan fingerprint density at radius 3 is 2.30 bits per heavy atom. The highest BCUT2D eigenvalue weighted by Gasteiger charge is 2.34. The van der Waals surface area contributed by atoms with Crippen molar-refractivity contribution >= 4 is 11.5 Å². The van der Waals surface area contributed by atoms with Crippen molar-refractivity contribution in [2.45, 2.75) is 63.6 Å². The molecule has 6 bridgehead atoms. The molecule has 2 atom stereocenters. The molecule has 312 valence electrons. The van der Waals surface area contributed by atoms with Crippen LogP contribution < -0.4 is 23.7 Å². The van der Waals surface area contributed by atoms with Crippen molar-refractivity contribution in [3.8, 4) is 40.2 Å². The number of likely N-dealkylation sites (N-methyl/N-ethyl adjacent to an activating group) is 2. The number of non-ortho nitro benzene ring substituents is 1. The Balaban J connectivity index is 1.14. The van der Waals surface area contributed by atoms with E-state index in [1.54, 1.807) is 20.3 Å². The second kappa shape index (κ2) is 17.7. The van der Waals surface area contributed by atoms with E-state index in [4.69, 9.17) is 23.7 Å². The Hall–Kier alpha value is -5.95. The van der Waals surface area contributed by atoms with Crippen LogP contribution in [0.2, 0.25) is 0 Å². The highest BCUT2D eigenvalue weighted by atomic mass is 16.6. The number of hydrogen-bond donors (Lipinski definition) is 1. The van der Waals surface area contributed by atoms with Crippen molar-refractivity contribution in [3.05, 3.63) is 140 Å². The molecular formula is C48H51N3O9. The Kier molecular flexibility index (Phi) is 12.1. The molecule has 60 heavy (non-hydrogen) atoms. The third-order valence-electron chi connectivity index (χ3n) is 12.1. The molecular weight excluding hydrogens is 763 g/mol.